The molecule has 3 N–H and O–H groups in total. The molecule has 4 amide bonds. The Bertz CT molecular complexity index is 756. The van der Waals surface area contributed by atoms with Crippen LogP contribution >= 0.6 is 0 Å². The van der Waals surface area contributed by atoms with Gasteiger partial charge in [-0.25, -0.2) is 0 Å². The molecule has 0 aromatic heterocycles. The molecule has 2 fully saturated rings. The van der Waals surface area contributed by atoms with E-state index in [9.17, 15) is 19.2 Å². The second kappa shape index (κ2) is 7.03. The molecule has 2 heterocycles. The van der Waals surface area contributed by atoms with Crippen LogP contribution in [0.5, 0.6) is 0 Å². The van der Waals surface area contributed by atoms with Gasteiger partial charge < -0.3 is 5.73 Å². The number of fused-ring (bicyclic) bond motifs is 1. The van der Waals surface area contributed by atoms with E-state index >= 15 is 0 Å². The van der Waals surface area contributed by atoms with Crippen LogP contribution in [0.3, 0.4) is 0 Å². The summed E-state index contributed by atoms with van der Waals surface area (Å²) >= 11 is 0. The zero-order valence-electron chi connectivity index (χ0n) is 13.7. The van der Waals surface area contributed by atoms with E-state index < -0.39 is 35.6 Å². The molecular formula is C18H19N3O4. The Labute approximate surface area is 145 Å². The Balaban J connectivity index is 1.78. The van der Waals surface area contributed by atoms with E-state index in [1.807, 2.05) is 0 Å². The first-order valence-corrected chi connectivity index (χ1v) is 8.32. The highest BCUT2D eigenvalue weighted by Crippen LogP contribution is 2.35. The van der Waals surface area contributed by atoms with E-state index in [2.05, 4.69) is 17.2 Å². The minimum atomic E-state index is -0.913. The molecule has 3 aliphatic rings. The summed E-state index contributed by atoms with van der Waals surface area (Å²) in [5.74, 6) is 2.95. The van der Waals surface area contributed by atoms with Gasteiger partial charge in [-0.1, -0.05) is 24.0 Å². The predicted molar refractivity (Wildman–Crippen MR) is 88.3 cm³/mol. The molecule has 130 valence electrons. The van der Waals surface area contributed by atoms with Crippen LogP contribution in [-0.4, -0.2) is 41.1 Å². The third-order valence-corrected chi connectivity index (χ3v) is 4.53. The van der Waals surface area contributed by atoms with Gasteiger partial charge in [0.05, 0.1) is 11.8 Å². The molecule has 0 aromatic carbocycles. The summed E-state index contributed by atoms with van der Waals surface area (Å²) in [6.07, 6.45) is 6.85. The van der Waals surface area contributed by atoms with Crippen molar-refractivity contribution in [2.24, 2.45) is 17.6 Å². The number of nitrogens with two attached hydrogens (primary N) is 1. The molecule has 0 radical (unpaired) electrons. The lowest BCUT2D eigenvalue weighted by atomic mass is 9.88. The van der Waals surface area contributed by atoms with Crippen LogP contribution < -0.4 is 11.1 Å². The van der Waals surface area contributed by atoms with Crippen molar-refractivity contribution in [3.8, 4) is 11.8 Å². The lowest BCUT2D eigenvalue weighted by molar-refractivity contribution is -0.151. The zero-order chi connectivity index (χ0) is 18.0. The van der Waals surface area contributed by atoms with Gasteiger partial charge in [0.1, 0.15) is 6.04 Å². The molecular weight excluding hydrogens is 322 g/mol. The molecule has 0 saturated carbocycles. The Hall–Kier alpha value is -2.72. The van der Waals surface area contributed by atoms with Crippen LogP contribution in [0.1, 0.15) is 25.7 Å². The standard InChI is InChI=1S/C18H19N3O4/c19-9-3-1-2-4-11-5-6-12-13(10-11)18(25)21(17(12)24)14-7-8-15(22)20-16(14)23/h5-6,10,12-14H,1,3,7-9,19H2,(H,20,22,23). The van der Waals surface area contributed by atoms with Gasteiger partial charge in [0.2, 0.25) is 23.6 Å². The Kier molecular flexibility index (Phi) is 4.81. The molecule has 1 aliphatic carbocycles. The molecule has 2 aliphatic heterocycles. The summed E-state index contributed by atoms with van der Waals surface area (Å²) in [6, 6.07) is -0.913. The van der Waals surface area contributed by atoms with E-state index in [1.165, 1.54) is 0 Å². The summed E-state index contributed by atoms with van der Waals surface area (Å²) in [6.45, 7) is 0.572. The largest absolute Gasteiger partial charge is 0.330 e. The van der Waals surface area contributed by atoms with Crippen LogP contribution in [0.4, 0.5) is 0 Å². The number of amides is 4. The SMILES string of the molecule is NCCCC#CC1=CC2C(=O)N(C3CCC(=O)NC3=O)C(=O)C2C=C1. The van der Waals surface area contributed by atoms with Crippen molar-refractivity contribution >= 4 is 23.6 Å². The molecule has 3 rings (SSSR count). The fraction of sp³-hybridized carbons (Fsp3) is 0.444. The average Bonchev–Trinajstić information content (AvgIpc) is 2.83. The smallest absolute Gasteiger partial charge is 0.249 e. The molecule has 3 atom stereocenters. The highest BCUT2D eigenvalue weighted by atomic mass is 16.2. The number of piperidine rings is 1. The quantitative estimate of drug-likeness (QED) is 0.413. The van der Waals surface area contributed by atoms with Crippen molar-refractivity contribution in [1.29, 1.82) is 0 Å². The first-order valence-electron chi connectivity index (χ1n) is 8.32. The maximum absolute atomic E-state index is 12.7. The Morgan fingerprint density at radius 3 is 2.68 bits per heavy atom. The summed E-state index contributed by atoms with van der Waals surface area (Å²) in [5.41, 5.74) is 6.10. The van der Waals surface area contributed by atoms with E-state index in [1.54, 1.807) is 18.2 Å². The van der Waals surface area contributed by atoms with Crippen LogP contribution in [0.15, 0.2) is 23.8 Å². The van der Waals surface area contributed by atoms with E-state index in [0.29, 0.717) is 18.5 Å². The lowest BCUT2D eigenvalue weighted by Crippen LogP contribution is -2.54. The molecule has 7 nitrogen and oxygen atoms in total. The fourth-order valence-electron chi connectivity index (χ4n) is 3.24. The molecule has 2 saturated heterocycles. The van der Waals surface area contributed by atoms with Gasteiger partial charge in [-0.05, 0) is 25.5 Å². The second-order valence-corrected chi connectivity index (χ2v) is 6.24. The number of rotatable bonds is 3. The number of hydrogen-bond acceptors (Lipinski definition) is 5. The van der Waals surface area contributed by atoms with Gasteiger partial charge in [0, 0.05) is 18.4 Å². The van der Waals surface area contributed by atoms with Crippen LogP contribution in [0, 0.1) is 23.7 Å². The number of carbonyl (C=O) groups excluding carboxylic acids is 4. The predicted octanol–water partition coefficient (Wildman–Crippen LogP) is -0.369. The molecule has 25 heavy (non-hydrogen) atoms. The van der Waals surface area contributed by atoms with Gasteiger partial charge in [-0.3, -0.25) is 29.4 Å². The van der Waals surface area contributed by atoms with Crippen molar-refractivity contribution in [2.45, 2.75) is 31.7 Å². The fourth-order valence-corrected chi connectivity index (χ4v) is 3.24. The number of nitrogens with zero attached hydrogens (tertiary/aromatic N) is 1. The number of likely N-dealkylation sites (tertiary alicyclic amines) is 1. The van der Waals surface area contributed by atoms with Crippen LogP contribution in [-0.2, 0) is 19.2 Å². The number of nitrogens with one attached hydrogen (secondary N) is 1. The van der Waals surface area contributed by atoms with E-state index in [4.69, 9.17) is 5.73 Å². The summed E-state index contributed by atoms with van der Waals surface area (Å²) in [5, 5.41) is 2.19. The second-order valence-electron chi connectivity index (χ2n) is 6.24. The van der Waals surface area contributed by atoms with Gasteiger partial charge in [-0.2, -0.15) is 0 Å². The molecule has 7 heteroatoms. The monoisotopic (exact) mass is 341 g/mol. The van der Waals surface area contributed by atoms with Gasteiger partial charge in [0.25, 0.3) is 0 Å². The number of carbonyl (C=O) groups is 4. The van der Waals surface area contributed by atoms with Crippen molar-refractivity contribution in [3.05, 3.63) is 23.8 Å². The molecule has 0 spiro atoms. The minimum Gasteiger partial charge on any atom is -0.330 e. The Morgan fingerprint density at radius 2 is 1.96 bits per heavy atom. The van der Waals surface area contributed by atoms with Crippen molar-refractivity contribution in [2.75, 3.05) is 6.54 Å². The maximum atomic E-state index is 12.7. The summed E-state index contributed by atoms with van der Waals surface area (Å²) in [7, 11) is 0. The highest BCUT2D eigenvalue weighted by Gasteiger charge is 2.51. The third-order valence-electron chi connectivity index (χ3n) is 4.53. The minimum absolute atomic E-state index is 0.117. The summed E-state index contributed by atoms with van der Waals surface area (Å²) in [4.78, 5) is 49.6. The summed E-state index contributed by atoms with van der Waals surface area (Å²) < 4.78 is 0. The van der Waals surface area contributed by atoms with Crippen molar-refractivity contribution in [1.82, 2.24) is 10.2 Å². The van der Waals surface area contributed by atoms with Gasteiger partial charge in [-0.15, -0.1) is 0 Å². The first kappa shape index (κ1) is 17.1. The third kappa shape index (κ3) is 3.26. The van der Waals surface area contributed by atoms with Crippen molar-refractivity contribution < 1.29 is 19.2 Å². The topological polar surface area (TPSA) is 110 Å². The zero-order valence-corrected chi connectivity index (χ0v) is 13.7. The van der Waals surface area contributed by atoms with Crippen LogP contribution in [0.25, 0.3) is 0 Å². The van der Waals surface area contributed by atoms with E-state index in [-0.39, 0.29) is 18.7 Å². The van der Waals surface area contributed by atoms with E-state index in [0.717, 1.165) is 11.3 Å². The molecule has 0 aromatic rings. The molecule has 3 unspecified atom stereocenters. The highest BCUT2D eigenvalue weighted by molar-refractivity contribution is 6.12. The number of imide groups is 2. The average molecular weight is 341 g/mol. The lowest BCUT2D eigenvalue weighted by Gasteiger charge is -2.28. The number of allylic oxidation sites excluding steroid dienone is 2. The van der Waals surface area contributed by atoms with Gasteiger partial charge >= 0.3 is 0 Å². The van der Waals surface area contributed by atoms with Crippen LogP contribution in [0.2, 0.25) is 0 Å². The Morgan fingerprint density at radius 1 is 1.20 bits per heavy atom. The maximum Gasteiger partial charge on any atom is 0.249 e. The normalized spacial score (nSPS) is 28.3. The first-order chi connectivity index (χ1) is 12.0. The van der Waals surface area contributed by atoms with Gasteiger partial charge in [0.15, 0.2) is 0 Å². The van der Waals surface area contributed by atoms with Crippen molar-refractivity contribution in [3.63, 3.8) is 0 Å². The molecule has 0 bridgehead atoms. The number of unbranched alkanes of at least 4 members (excludes halogenated alkanes) is 1. The number of hydrogen-bond donors (Lipinski definition) is 2.